The molecule has 2 aliphatic heterocycles. The molecule has 2 bridgehead atoms. The van der Waals surface area contributed by atoms with E-state index in [2.05, 4.69) is 9.83 Å². The summed E-state index contributed by atoms with van der Waals surface area (Å²) in [4.78, 5) is 22.0. The van der Waals surface area contributed by atoms with Crippen LogP contribution in [0.4, 0.5) is 4.79 Å². The molecule has 2 atom stereocenters. The number of carbonyl (C=O) groups is 1. The molecule has 0 saturated carbocycles. The number of halogens is 1. The van der Waals surface area contributed by atoms with Gasteiger partial charge in [0.15, 0.2) is 0 Å². The van der Waals surface area contributed by atoms with Crippen molar-refractivity contribution in [1.82, 2.24) is 9.88 Å². The molecule has 2 unspecified atom stereocenters. The highest BCUT2D eigenvalue weighted by molar-refractivity contribution is 6.30. The molecule has 2 fully saturated rings. The third kappa shape index (κ3) is 2.42. The topological polar surface area (TPSA) is 46.8 Å². The molecule has 0 aliphatic carbocycles. The number of piperidine rings is 1. The van der Waals surface area contributed by atoms with Gasteiger partial charge in [0.1, 0.15) is 0 Å². The molecule has 2 saturated heterocycles. The van der Waals surface area contributed by atoms with E-state index in [-0.39, 0.29) is 18.2 Å². The van der Waals surface area contributed by atoms with Crippen molar-refractivity contribution in [1.29, 1.82) is 0 Å². The number of hydrogen-bond donors (Lipinski definition) is 0. The van der Waals surface area contributed by atoms with Gasteiger partial charge >= 0.3 is 6.09 Å². The molecule has 3 heterocycles. The zero-order valence-electron chi connectivity index (χ0n) is 12.5. The van der Waals surface area contributed by atoms with Crippen molar-refractivity contribution >= 4 is 17.7 Å². The number of amides is 1. The summed E-state index contributed by atoms with van der Waals surface area (Å²) in [7, 11) is 0. The fraction of sp³-hybridized carbons (Fsp3) is 0.562. The van der Waals surface area contributed by atoms with E-state index in [1.807, 2.05) is 17.9 Å². The van der Waals surface area contributed by atoms with E-state index in [1.54, 1.807) is 12.4 Å². The maximum atomic E-state index is 12.1. The van der Waals surface area contributed by atoms with Gasteiger partial charge in [0.25, 0.3) is 5.54 Å². The van der Waals surface area contributed by atoms with Gasteiger partial charge in [0.2, 0.25) is 0 Å². The second-order valence-electron chi connectivity index (χ2n) is 5.93. The Labute approximate surface area is 135 Å². The maximum absolute atomic E-state index is 12.1. The van der Waals surface area contributed by atoms with Gasteiger partial charge in [-0.2, -0.15) is 0 Å². The molecule has 116 valence electrons. The number of hydrogen-bond acceptors (Lipinski definition) is 3. The second kappa shape index (κ2) is 5.77. The summed E-state index contributed by atoms with van der Waals surface area (Å²) in [5.41, 5.74) is 0.225. The lowest BCUT2D eigenvalue weighted by molar-refractivity contribution is 0.0595. The number of pyridine rings is 1. The summed E-state index contributed by atoms with van der Waals surface area (Å²) in [6.45, 7) is 9.92. The SMILES string of the molecule is [C-]#[N+]C1(c2cncc(Cl)c2)CC2CCC(C1)N2C(=O)OCC. The summed E-state index contributed by atoms with van der Waals surface area (Å²) < 4.78 is 5.16. The van der Waals surface area contributed by atoms with Crippen LogP contribution in [0.25, 0.3) is 4.85 Å². The number of aromatic nitrogens is 1. The number of fused-ring (bicyclic) bond motifs is 2. The molecule has 6 heteroatoms. The Bertz CT molecular complexity index is 614. The first-order valence-corrected chi connectivity index (χ1v) is 7.92. The van der Waals surface area contributed by atoms with Crippen LogP contribution in [-0.4, -0.2) is 34.7 Å². The Morgan fingerprint density at radius 2 is 2.18 bits per heavy atom. The summed E-state index contributed by atoms with van der Waals surface area (Å²) in [6.07, 6.45) is 6.14. The van der Waals surface area contributed by atoms with Gasteiger partial charge in [-0.15, -0.1) is 0 Å². The molecule has 0 N–H and O–H groups in total. The minimum Gasteiger partial charge on any atom is -0.450 e. The Kier molecular flexibility index (Phi) is 3.96. The average Bonchev–Trinajstić information content (AvgIpc) is 2.79. The van der Waals surface area contributed by atoms with Gasteiger partial charge < -0.3 is 14.5 Å². The highest BCUT2D eigenvalue weighted by atomic mass is 35.5. The van der Waals surface area contributed by atoms with Crippen molar-refractivity contribution in [3.8, 4) is 0 Å². The number of rotatable bonds is 2. The molecular weight excluding hydrogens is 302 g/mol. The first-order valence-electron chi connectivity index (χ1n) is 7.54. The first kappa shape index (κ1) is 15.1. The van der Waals surface area contributed by atoms with E-state index in [0.29, 0.717) is 24.5 Å². The van der Waals surface area contributed by atoms with Crippen LogP contribution in [0.15, 0.2) is 18.5 Å². The molecule has 1 aromatic heterocycles. The summed E-state index contributed by atoms with van der Waals surface area (Å²) in [6, 6.07) is 1.95. The van der Waals surface area contributed by atoms with Crippen LogP contribution in [0.1, 0.15) is 38.2 Å². The Morgan fingerprint density at radius 3 is 2.73 bits per heavy atom. The number of ether oxygens (including phenoxy) is 1. The smallest absolute Gasteiger partial charge is 0.410 e. The lowest BCUT2D eigenvalue weighted by atomic mass is 9.79. The van der Waals surface area contributed by atoms with E-state index >= 15 is 0 Å². The molecule has 0 aromatic carbocycles. The van der Waals surface area contributed by atoms with Crippen LogP contribution in [0.5, 0.6) is 0 Å². The van der Waals surface area contributed by atoms with Gasteiger partial charge in [-0.05, 0) is 25.8 Å². The van der Waals surface area contributed by atoms with Gasteiger partial charge in [-0.25, -0.2) is 11.4 Å². The van der Waals surface area contributed by atoms with Crippen molar-refractivity contribution in [3.63, 3.8) is 0 Å². The molecule has 5 nitrogen and oxygen atoms in total. The molecule has 2 aliphatic rings. The molecule has 1 amide bonds. The van der Waals surface area contributed by atoms with Crippen molar-refractivity contribution in [2.75, 3.05) is 6.61 Å². The zero-order valence-corrected chi connectivity index (χ0v) is 13.2. The van der Waals surface area contributed by atoms with Crippen molar-refractivity contribution in [2.45, 2.75) is 50.2 Å². The molecule has 0 radical (unpaired) electrons. The summed E-state index contributed by atoms with van der Waals surface area (Å²) in [5.74, 6) is 0. The van der Waals surface area contributed by atoms with E-state index in [1.165, 1.54) is 0 Å². The summed E-state index contributed by atoms with van der Waals surface area (Å²) in [5, 5.41) is 0.542. The van der Waals surface area contributed by atoms with E-state index < -0.39 is 5.54 Å². The summed E-state index contributed by atoms with van der Waals surface area (Å²) >= 11 is 6.04. The molecule has 1 aromatic rings. The maximum Gasteiger partial charge on any atom is 0.410 e. The minimum atomic E-state index is -0.632. The van der Waals surface area contributed by atoms with Crippen LogP contribution in [-0.2, 0) is 10.3 Å². The lowest BCUT2D eigenvalue weighted by Gasteiger charge is -2.39. The van der Waals surface area contributed by atoms with Gasteiger partial charge in [0, 0.05) is 24.5 Å². The van der Waals surface area contributed by atoms with E-state index in [4.69, 9.17) is 22.9 Å². The third-order valence-corrected chi connectivity index (χ3v) is 4.91. The lowest BCUT2D eigenvalue weighted by Crippen LogP contribution is -2.51. The molecule has 22 heavy (non-hydrogen) atoms. The second-order valence-corrected chi connectivity index (χ2v) is 6.37. The standard InChI is InChI=1S/C16H18ClN3O2/c1-3-22-15(21)20-13-4-5-14(20)8-16(7-13,18-2)11-6-12(17)10-19-9-11/h6,9-10,13-14H,3-5,7-8H2,1H3. The number of nitrogens with zero attached hydrogens (tertiary/aromatic N) is 3. The van der Waals surface area contributed by atoms with Gasteiger partial charge in [-0.1, -0.05) is 11.6 Å². The Morgan fingerprint density at radius 1 is 1.50 bits per heavy atom. The van der Waals surface area contributed by atoms with E-state index in [0.717, 1.165) is 18.4 Å². The van der Waals surface area contributed by atoms with Crippen molar-refractivity contribution in [3.05, 3.63) is 40.5 Å². The van der Waals surface area contributed by atoms with Crippen LogP contribution in [0, 0.1) is 6.57 Å². The van der Waals surface area contributed by atoms with Crippen LogP contribution in [0.2, 0.25) is 5.02 Å². The molecule has 0 spiro atoms. The monoisotopic (exact) mass is 319 g/mol. The predicted molar refractivity (Wildman–Crippen MR) is 82.4 cm³/mol. The van der Waals surface area contributed by atoms with Gasteiger partial charge in [-0.3, -0.25) is 4.98 Å². The van der Waals surface area contributed by atoms with E-state index in [9.17, 15) is 4.79 Å². The largest absolute Gasteiger partial charge is 0.450 e. The normalized spacial score (nSPS) is 30.0. The molecular formula is C16H18ClN3O2. The molecule has 3 rings (SSSR count). The predicted octanol–water partition coefficient (Wildman–Crippen LogP) is 3.63. The number of carbonyl (C=O) groups excluding carboxylic acids is 1. The van der Waals surface area contributed by atoms with Crippen LogP contribution < -0.4 is 0 Å². The van der Waals surface area contributed by atoms with Crippen molar-refractivity contribution in [2.24, 2.45) is 0 Å². The van der Waals surface area contributed by atoms with Crippen LogP contribution >= 0.6 is 11.6 Å². The highest BCUT2D eigenvalue weighted by Gasteiger charge is 2.55. The minimum absolute atomic E-state index is 0.0610. The van der Waals surface area contributed by atoms with Crippen LogP contribution in [0.3, 0.4) is 0 Å². The third-order valence-electron chi connectivity index (χ3n) is 4.70. The fourth-order valence-corrected chi connectivity index (χ4v) is 3.95. The average molecular weight is 320 g/mol. The zero-order chi connectivity index (χ0) is 15.7. The quantitative estimate of drug-likeness (QED) is 0.782. The Balaban J connectivity index is 1.90. The van der Waals surface area contributed by atoms with Gasteiger partial charge in [0.05, 0.1) is 30.0 Å². The Hall–Kier alpha value is -1.80. The van der Waals surface area contributed by atoms with Crippen molar-refractivity contribution < 1.29 is 9.53 Å². The fourth-order valence-electron chi connectivity index (χ4n) is 3.78. The highest BCUT2D eigenvalue weighted by Crippen LogP contribution is 2.48. The first-order chi connectivity index (χ1) is 10.6.